The molecule has 1 saturated heterocycles. The number of H-pyrrole nitrogens is 1. The highest BCUT2D eigenvalue weighted by Gasteiger charge is 2.22. The molecule has 0 saturated carbocycles. The first-order chi connectivity index (χ1) is 12.2. The number of hydrogen-bond acceptors (Lipinski definition) is 6. The van der Waals surface area contributed by atoms with Crippen LogP contribution >= 0.6 is 0 Å². The van der Waals surface area contributed by atoms with Gasteiger partial charge in [0.1, 0.15) is 5.82 Å². The van der Waals surface area contributed by atoms with E-state index in [2.05, 4.69) is 30.4 Å². The van der Waals surface area contributed by atoms with E-state index >= 15 is 0 Å². The summed E-state index contributed by atoms with van der Waals surface area (Å²) in [5.74, 6) is 2.16. The molecular weight excluding hydrogens is 318 g/mol. The molecule has 8 heteroatoms. The Kier molecular flexibility index (Phi) is 5.80. The first-order valence-electron chi connectivity index (χ1n) is 9.10. The molecule has 0 aromatic carbocycles. The van der Waals surface area contributed by atoms with E-state index in [-0.39, 0.29) is 5.69 Å². The van der Waals surface area contributed by atoms with Crippen LogP contribution in [0.1, 0.15) is 38.1 Å². The molecule has 3 rings (SSSR count). The normalized spacial score (nSPS) is 16.2. The van der Waals surface area contributed by atoms with E-state index in [9.17, 15) is 4.79 Å². The van der Waals surface area contributed by atoms with Gasteiger partial charge in [-0.1, -0.05) is 0 Å². The molecule has 3 heterocycles. The number of hydrogen-bond donors (Lipinski definition) is 2. The summed E-state index contributed by atoms with van der Waals surface area (Å²) in [6, 6.07) is 0. The molecule has 136 valence electrons. The summed E-state index contributed by atoms with van der Waals surface area (Å²) in [6.45, 7) is 8.51. The Labute approximate surface area is 147 Å². The van der Waals surface area contributed by atoms with E-state index in [1.165, 1.54) is 0 Å². The molecule has 25 heavy (non-hydrogen) atoms. The molecule has 8 nitrogen and oxygen atoms in total. The van der Waals surface area contributed by atoms with Gasteiger partial charge in [-0.05, 0) is 45.7 Å². The van der Waals surface area contributed by atoms with Gasteiger partial charge in [-0.2, -0.15) is 5.10 Å². The molecule has 0 spiro atoms. The summed E-state index contributed by atoms with van der Waals surface area (Å²) >= 11 is 0. The van der Waals surface area contributed by atoms with Crippen LogP contribution in [0.5, 0.6) is 0 Å². The van der Waals surface area contributed by atoms with Crippen molar-refractivity contribution in [1.29, 1.82) is 0 Å². The monoisotopic (exact) mass is 345 g/mol. The maximum absolute atomic E-state index is 11.7. The average Bonchev–Trinajstić information content (AvgIpc) is 2.98. The minimum absolute atomic E-state index is 0.101. The summed E-state index contributed by atoms with van der Waals surface area (Å²) in [4.78, 5) is 22.8. The Morgan fingerprint density at radius 1 is 1.24 bits per heavy atom. The van der Waals surface area contributed by atoms with Crippen molar-refractivity contribution in [3.05, 3.63) is 34.3 Å². The van der Waals surface area contributed by atoms with Crippen LogP contribution in [0.25, 0.3) is 0 Å². The maximum atomic E-state index is 11.7. The van der Waals surface area contributed by atoms with E-state index in [1.54, 1.807) is 4.57 Å². The van der Waals surface area contributed by atoms with Gasteiger partial charge in [0.25, 0.3) is 0 Å². The van der Waals surface area contributed by atoms with Crippen LogP contribution in [-0.4, -0.2) is 49.3 Å². The highest BCUT2D eigenvalue weighted by Crippen LogP contribution is 2.21. The van der Waals surface area contributed by atoms with Crippen molar-refractivity contribution in [2.45, 2.75) is 46.2 Å². The van der Waals surface area contributed by atoms with E-state index in [0.717, 1.165) is 56.8 Å². The maximum Gasteiger partial charge on any atom is 0.343 e. The first kappa shape index (κ1) is 17.6. The minimum atomic E-state index is -0.101. The third-order valence-corrected chi connectivity index (χ3v) is 4.78. The van der Waals surface area contributed by atoms with E-state index in [0.29, 0.717) is 18.4 Å². The Hall–Kier alpha value is -2.22. The van der Waals surface area contributed by atoms with Gasteiger partial charge in [-0.15, -0.1) is 0 Å². The number of aromatic amines is 1. The van der Waals surface area contributed by atoms with E-state index in [1.807, 2.05) is 26.2 Å². The van der Waals surface area contributed by atoms with Crippen LogP contribution in [-0.2, 0) is 19.5 Å². The molecule has 1 aliphatic rings. The van der Waals surface area contributed by atoms with Crippen molar-refractivity contribution in [2.24, 2.45) is 5.92 Å². The predicted molar refractivity (Wildman–Crippen MR) is 96.4 cm³/mol. The third kappa shape index (κ3) is 4.45. The smallest absolute Gasteiger partial charge is 0.343 e. The van der Waals surface area contributed by atoms with Crippen LogP contribution in [0.15, 0.2) is 17.2 Å². The van der Waals surface area contributed by atoms with Gasteiger partial charge in [0, 0.05) is 44.0 Å². The molecule has 1 fully saturated rings. The van der Waals surface area contributed by atoms with Gasteiger partial charge in [0.05, 0.1) is 0 Å². The quantitative estimate of drug-likeness (QED) is 0.785. The van der Waals surface area contributed by atoms with Crippen LogP contribution in [0.2, 0.25) is 0 Å². The van der Waals surface area contributed by atoms with Gasteiger partial charge in [0.2, 0.25) is 5.95 Å². The lowest BCUT2D eigenvalue weighted by atomic mass is 9.93. The molecule has 0 unspecified atom stereocenters. The topological polar surface area (TPSA) is 91.7 Å². The van der Waals surface area contributed by atoms with Crippen molar-refractivity contribution >= 4 is 5.95 Å². The molecule has 0 amide bonds. The predicted octanol–water partition coefficient (Wildman–Crippen LogP) is 1.27. The Morgan fingerprint density at radius 2 is 1.96 bits per heavy atom. The summed E-state index contributed by atoms with van der Waals surface area (Å²) in [7, 11) is 0. The second-order valence-electron chi connectivity index (χ2n) is 6.56. The largest absolute Gasteiger partial charge is 0.355 e. The summed E-state index contributed by atoms with van der Waals surface area (Å²) in [6.07, 6.45) is 6.94. The SMILES string of the molecule is CCNc1ncc(CN2CCC(Cc3n[nH]c(=O)n3CC)CC2)cn1. The number of aromatic nitrogens is 5. The fourth-order valence-corrected chi connectivity index (χ4v) is 3.38. The summed E-state index contributed by atoms with van der Waals surface area (Å²) in [5.41, 5.74) is 1.04. The first-order valence-corrected chi connectivity index (χ1v) is 9.10. The van der Waals surface area contributed by atoms with Crippen LogP contribution in [0.3, 0.4) is 0 Å². The molecule has 2 aromatic rings. The van der Waals surface area contributed by atoms with Crippen LogP contribution in [0, 0.1) is 5.92 Å². The Morgan fingerprint density at radius 3 is 2.60 bits per heavy atom. The fourth-order valence-electron chi connectivity index (χ4n) is 3.38. The Bertz CT molecular complexity index is 713. The summed E-state index contributed by atoms with van der Waals surface area (Å²) in [5, 5.41) is 9.85. The lowest BCUT2D eigenvalue weighted by Gasteiger charge is -2.31. The highest BCUT2D eigenvalue weighted by atomic mass is 16.1. The molecule has 0 aliphatic carbocycles. The zero-order chi connectivity index (χ0) is 17.6. The number of rotatable bonds is 7. The van der Waals surface area contributed by atoms with Gasteiger partial charge in [-0.3, -0.25) is 9.47 Å². The van der Waals surface area contributed by atoms with Crippen molar-refractivity contribution in [1.82, 2.24) is 29.6 Å². The molecule has 2 N–H and O–H groups in total. The minimum Gasteiger partial charge on any atom is -0.355 e. The molecule has 0 atom stereocenters. The number of likely N-dealkylation sites (tertiary alicyclic amines) is 1. The standard InChI is InChI=1S/C17H27N7O/c1-3-18-16-19-10-14(11-20-16)12-23-7-5-13(6-8-23)9-15-21-22-17(25)24(15)4-2/h10-11,13H,3-9,12H2,1-2H3,(H,22,25)(H,18,19,20). The van der Waals surface area contributed by atoms with Crippen molar-refractivity contribution in [3.8, 4) is 0 Å². The lowest BCUT2D eigenvalue weighted by molar-refractivity contribution is 0.175. The van der Waals surface area contributed by atoms with E-state index in [4.69, 9.17) is 0 Å². The number of nitrogens with one attached hydrogen (secondary N) is 2. The lowest BCUT2D eigenvalue weighted by Crippen LogP contribution is -2.34. The van der Waals surface area contributed by atoms with Gasteiger partial charge < -0.3 is 5.32 Å². The van der Waals surface area contributed by atoms with Crippen LogP contribution in [0.4, 0.5) is 5.95 Å². The van der Waals surface area contributed by atoms with Gasteiger partial charge in [0.15, 0.2) is 0 Å². The molecule has 0 bridgehead atoms. The molecular formula is C17H27N7O. The average molecular weight is 345 g/mol. The summed E-state index contributed by atoms with van der Waals surface area (Å²) < 4.78 is 1.73. The van der Waals surface area contributed by atoms with Crippen molar-refractivity contribution in [2.75, 3.05) is 25.0 Å². The van der Waals surface area contributed by atoms with E-state index < -0.39 is 0 Å². The number of anilines is 1. The molecule has 1 aliphatic heterocycles. The second-order valence-corrected chi connectivity index (χ2v) is 6.56. The molecule has 0 radical (unpaired) electrons. The third-order valence-electron chi connectivity index (χ3n) is 4.78. The Balaban J connectivity index is 1.49. The van der Waals surface area contributed by atoms with Crippen molar-refractivity contribution in [3.63, 3.8) is 0 Å². The molecule has 2 aromatic heterocycles. The van der Waals surface area contributed by atoms with Crippen molar-refractivity contribution < 1.29 is 0 Å². The highest BCUT2D eigenvalue weighted by molar-refractivity contribution is 5.24. The number of piperidine rings is 1. The number of nitrogens with zero attached hydrogens (tertiary/aromatic N) is 5. The second kappa shape index (κ2) is 8.24. The van der Waals surface area contributed by atoms with Gasteiger partial charge >= 0.3 is 5.69 Å². The zero-order valence-electron chi connectivity index (χ0n) is 15.0. The fraction of sp³-hybridized carbons (Fsp3) is 0.647. The van der Waals surface area contributed by atoms with Crippen LogP contribution < -0.4 is 11.0 Å². The zero-order valence-corrected chi connectivity index (χ0v) is 15.0. The van der Waals surface area contributed by atoms with Gasteiger partial charge in [-0.25, -0.2) is 19.9 Å².